The highest BCUT2D eigenvalue weighted by Crippen LogP contribution is 2.63. The van der Waals surface area contributed by atoms with E-state index in [4.69, 9.17) is 0 Å². The Morgan fingerprint density at radius 3 is 2.30 bits per heavy atom. The third-order valence-electron chi connectivity index (χ3n) is 3.81. The first-order valence-electron chi connectivity index (χ1n) is 4.57. The van der Waals surface area contributed by atoms with Crippen molar-refractivity contribution < 1.29 is 0 Å². The van der Waals surface area contributed by atoms with Gasteiger partial charge in [-0.3, -0.25) is 0 Å². The first-order valence-corrected chi connectivity index (χ1v) is 4.57. The van der Waals surface area contributed by atoms with Gasteiger partial charge < -0.3 is 0 Å². The monoisotopic (exact) mass is 134 g/mol. The van der Waals surface area contributed by atoms with Crippen LogP contribution in [-0.2, 0) is 0 Å². The third-order valence-corrected chi connectivity index (χ3v) is 3.81. The predicted octanol–water partition coefficient (Wildman–Crippen LogP) is 2.75. The molecule has 4 aliphatic carbocycles. The molecule has 0 aromatic rings. The van der Waals surface area contributed by atoms with E-state index in [0.717, 1.165) is 17.3 Å². The summed E-state index contributed by atoms with van der Waals surface area (Å²) in [5.74, 6) is 1.98. The molecular weight excluding hydrogens is 120 g/mol. The first-order chi connectivity index (χ1) is 4.89. The molecule has 0 amide bonds. The summed E-state index contributed by atoms with van der Waals surface area (Å²) in [5.41, 5.74) is 0.859. The van der Waals surface area contributed by atoms with E-state index in [1.165, 1.54) is 19.3 Å². The van der Waals surface area contributed by atoms with Gasteiger partial charge in [-0.15, -0.1) is 0 Å². The second-order valence-corrected chi connectivity index (χ2v) is 4.40. The summed E-state index contributed by atoms with van der Waals surface area (Å²) in [6.07, 6.45) is 12.6. The van der Waals surface area contributed by atoms with Crippen molar-refractivity contribution in [3.8, 4) is 0 Å². The average molecular weight is 134 g/mol. The van der Waals surface area contributed by atoms with Crippen LogP contribution in [0.15, 0.2) is 12.2 Å². The lowest BCUT2D eigenvalue weighted by atomic mass is 9.67. The lowest BCUT2D eigenvalue weighted by Gasteiger charge is -2.38. The summed E-state index contributed by atoms with van der Waals surface area (Å²) in [4.78, 5) is 0. The van der Waals surface area contributed by atoms with Crippen molar-refractivity contribution in [3.05, 3.63) is 12.2 Å². The number of allylic oxidation sites excluding steroid dienone is 2. The van der Waals surface area contributed by atoms with E-state index in [-0.39, 0.29) is 0 Å². The molecule has 2 unspecified atom stereocenters. The zero-order chi connectivity index (χ0) is 6.60. The molecule has 4 aliphatic rings. The highest BCUT2D eigenvalue weighted by molar-refractivity contribution is 5.16. The fourth-order valence-corrected chi connectivity index (χ4v) is 2.97. The summed E-state index contributed by atoms with van der Waals surface area (Å²) < 4.78 is 0. The first kappa shape index (κ1) is 5.40. The third kappa shape index (κ3) is 0.531. The van der Waals surface area contributed by atoms with Crippen LogP contribution in [0.3, 0.4) is 0 Å². The SMILES string of the molecule is C1=CC2CCC1CC21CC1. The van der Waals surface area contributed by atoms with Gasteiger partial charge in [0.2, 0.25) is 0 Å². The maximum absolute atomic E-state index is 2.50. The molecule has 0 heteroatoms. The van der Waals surface area contributed by atoms with Crippen LogP contribution in [0.4, 0.5) is 0 Å². The Bertz CT molecular complexity index is 186. The minimum absolute atomic E-state index is 0.859. The topological polar surface area (TPSA) is 0 Å². The molecule has 2 bridgehead atoms. The van der Waals surface area contributed by atoms with E-state index >= 15 is 0 Å². The molecule has 0 radical (unpaired) electrons. The van der Waals surface area contributed by atoms with E-state index in [9.17, 15) is 0 Å². The number of fused-ring (bicyclic) bond motifs is 1. The van der Waals surface area contributed by atoms with E-state index in [0.29, 0.717) is 0 Å². The molecule has 0 heterocycles. The Labute approximate surface area is 62.3 Å². The smallest absolute Gasteiger partial charge is 0.0176 e. The number of hydrogen-bond donors (Lipinski definition) is 0. The van der Waals surface area contributed by atoms with Gasteiger partial charge in [0.25, 0.3) is 0 Å². The van der Waals surface area contributed by atoms with Crippen LogP contribution < -0.4 is 0 Å². The van der Waals surface area contributed by atoms with Crippen LogP contribution >= 0.6 is 0 Å². The standard InChI is InChI=1S/C10H14/c1-3-9-4-2-8(1)7-10(9)5-6-10/h1,3,8-9H,2,4-7H2. The minimum Gasteiger partial charge on any atom is -0.0851 e. The summed E-state index contributed by atoms with van der Waals surface area (Å²) >= 11 is 0. The van der Waals surface area contributed by atoms with Gasteiger partial charge in [0.15, 0.2) is 0 Å². The zero-order valence-corrected chi connectivity index (χ0v) is 6.34. The Balaban J connectivity index is 2.00. The second-order valence-electron chi connectivity index (χ2n) is 4.40. The van der Waals surface area contributed by atoms with Gasteiger partial charge in [-0.05, 0) is 49.4 Å². The molecule has 0 aliphatic heterocycles. The summed E-state index contributed by atoms with van der Waals surface area (Å²) in [6.45, 7) is 0. The van der Waals surface area contributed by atoms with Crippen LogP contribution in [0.1, 0.15) is 32.1 Å². The second kappa shape index (κ2) is 1.49. The summed E-state index contributed by atoms with van der Waals surface area (Å²) in [7, 11) is 0. The highest BCUT2D eigenvalue weighted by Gasteiger charge is 2.52. The van der Waals surface area contributed by atoms with Crippen molar-refractivity contribution in [1.82, 2.24) is 0 Å². The normalized spacial score (nSPS) is 46.4. The molecule has 0 aromatic heterocycles. The van der Waals surface area contributed by atoms with Crippen LogP contribution in [0.2, 0.25) is 0 Å². The fraction of sp³-hybridized carbons (Fsp3) is 0.800. The molecule has 10 heavy (non-hydrogen) atoms. The molecule has 54 valence electrons. The van der Waals surface area contributed by atoms with Crippen LogP contribution in [0.5, 0.6) is 0 Å². The molecule has 2 atom stereocenters. The lowest BCUT2D eigenvalue weighted by molar-refractivity contribution is 0.199. The Morgan fingerprint density at radius 2 is 2.00 bits per heavy atom. The summed E-state index contributed by atoms with van der Waals surface area (Å²) in [6, 6.07) is 0. The molecule has 0 aromatic carbocycles. The number of hydrogen-bond acceptors (Lipinski definition) is 0. The van der Waals surface area contributed by atoms with E-state index in [2.05, 4.69) is 12.2 Å². The maximum atomic E-state index is 2.50. The molecule has 0 N–H and O–H groups in total. The lowest BCUT2D eigenvalue weighted by Crippen LogP contribution is -2.28. The maximum Gasteiger partial charge on any atom is -0.0176 e. The van der Waals surface area contributed by atoms with Gasteiger partial charge in [-0.1, -0.05) is 12.2 Å². The quantitative estimate of drug-likeness (QED) is 0.447. The van der Waals surface area contributed by atoms with E-state index in [1.807, 2.05) is 0 Å². The molecule has 1 spiro atoms. The molecule has 2 fully saturated rings. The van der Waals surface area contributed by atoms with Crippen molar-refractivity contribution >= 4 is 0 Å². The van der Waals surface area contributed by atoms with Crippen LogP contribution in [0, 0.1) is 17.3 Å². The Morgan fingerprint density at radius 1 is 1.10 bits per heavy atom. The minimum atomic E-state index is 0.859. The van der Waals surface area contributed by atoms with Crippen molar-refractivity contribution in [2.75, 3.05) is 0 Å². The summed E-state index contributed by atoms with van der Waals surface area (Å²) in [5, 5.41) is 0. The molecule has 4 rings (SSSR count). The van der Waals surface area contributed by atoms with Gasteiger partial charge in [0, 0.05) is 0 Å². The molecular formula is C10H14. The highest BCUT2D eigenvalue weighted by atomic mass is 14.6. The van der Waals surface area contributed by atoms with Crippen LogP contribution in [-0.4, -0.2) is 0 Å². The van der Waals surface area contributed by atoms with Gasteiger partial charge in [0.1, 0.15) is 0 Å². The molecule has 0 nitrogen and oxygen atoms in total. The van der Waals surface area contributed by atoms with Crippen molar-refractivity contribution in [2.45, 2.75) is 32.1 Å². The Kier molecular flexibility index (Phi) is 0.805. The fourth-order valence-electron chi connectivity index (χ4n) is 2.97. The molecule has 0 saturated heterocycles. The molecule has 2 saturated carbocycles. The van der Waals surface area contributed by atoms with E-state index < -0.39 is 0 Å². The van der Waals surface area contributed by atoms with Gasteiger partial charge >= 0.3 is 0 Å². The van der Waals surface area contributed by atoms with Crippen LogP contribution in [0.25, 0.3) is 0 Å². The van der Waals surface area contributed by atoms with Gasteiger partial charge in [-0.25, -0.2) is 0 Å². The Hall–Kier alpha value is -0.260. The van der Waals surface area contributed by atoms with Gasteiger partial charge in [-0.2, -0.15) is 0 Å². The average Bonchev–Trinajstić information content (AvgIpc) is 2.72. The van der Waals surface area contributed by atoms with Crippen molar-refractivity contribution in [3.63, 3.8) is 0 Å². The van der Waals surface area contributed by atoms with Crippen molar-refractivity contribution in [1.29, 1.82) is 0 Å². The van der Waals surface area contributed by atoms with Gasteiger partial charge in [0.05, 0.1) is 0 Å². The largest absolute Gasteiger partial charge is 0.0851 e. The zero-order valence-electron chi connectivity index (χ0n) is 6.34. The predicted molar refractivity (Wildman–Crippen MR) is 41.6 cm³/mol. The number of rotatable bonds is 0. The van der Waals surface area contributed by atoms with Crippen molar-refractivity contribution in [2.24, 2.45) is 17.3 Å². The van der Waals surface area contributed by atoms with E-state index in [1.54, 1.807) is 12.8 Å².